The molecule has 0 spiro atoms. The van der Waals surface area contributed by atoms with Gasteiger partial charge in [-0.3, -0.25) is 0 Å². The van der Waals surface area contributed by atoms with Gasteiger partial charge in [-0.1, -0.05) is 18.2 Å². The van der Waals surface area contributed by atoms with E-state index in [1.807, 2.05) is 0 Å². The topological polar surface area (TPSA) is 3.24 Å². The first-order chi connectivity index (χ1) is 6.88. The van der Waals surface area contributed by atoms with E-state index in [9.17, 15) is 17.3 Å². The normalized spacial score (nSPS) is 12.1. The van der Waals surface area contributed by atoms with Crippen LogP contribution in [0.5, 0.6) is 0 Å². The molecular weight excluding hydrogens is 209 g/mol. The van der Waals surface area contributed by atoms with Crippen LogP contribution in [-0.2, 0) is 6.54 Å². The third kappa shape index (κ3) is 4.33. The molecule has 0 amide bonds. The Bertz CT molecular complexity index is 326. The number of hydrogen-bond acceptors (Lipinski definition) is 1. The van der Waals surface area contributed by atoms with E-state index in [1.54, 1.807) is 6.07 Å². The quantitative estimate of drug-likeness (QED) is 0.556. The minimum absolute atomic E-state index is 0.0338. The van der Waals surface area contributed by atoms with Crippen LogP contribution >= 0.6 is 0 Å². The van der Waals surface area contributed by atoms with Crippen molar-refractivity contribution in [3.8, 4) is 0 Å². The van der Waals surface area contributed by atoms with Crippen molar-refractivity contribution < 1.29 is 17.3 Å². The zero-order valence-electron chi connectivity index (χ0n) is 8.26. The summed E-state index contributed by atoms with van der Waals surface area (Å²) in [7, 11) is 1.32. The van der Waals surface area contributed by atoms with Crippen molar-refractivity contribution >= 4 is 6.98 Å². The highest BCUT2D eigenvalue weighted by Crippen LogP contribution is 2.13. The zero-order chi connectivity index (χ0) is 11.5. The molecule has 0 saturated heterocycles. The third-order valence-corrected chi connectivity index (χ3v) is 1.92. The summed E-state index contributed by atoms with van der Waals surface area (Å²) >= 11 is 0. The molecule has 0 aliphatic heterocycles. The van der Waals surface area contributed by atoms with Gasteiger partial charge in [0.25, 0.3) is 0 Å². The largest absolute Gasteiger partial charge is 0.492 e. The lowest BCUT2D eigenvalue weighted by atomic mass is 9.91. The van der Waals surface area contributed by atoms with Crippen LogP contribution in [0.2, 0.25) is 0 Å². The van der Waals surface area contributed by atoms with Gasteiger partial charge in [-0.2, -0.15) is 0 Å². The van der Waals surface area contributed by atoms with Crippen LogP contribution in [0, 0.1) is 5.82 Å². The molecule has 0 bridgehead atoms. The molecule has 0 N–H and O–H groups in total. The maximum Gasteiger partial charge on any atom is 0.492 e. The maximum atomic E-state index is 13.1. The van der Waals surface area contributed by atoms with Crippen LogP contribution in [-0.4, -0.2) is 25.4 Å². The van der Waals surface area contributed by atoms with Crippen LogP contribution in [0.3, 0.4) is 0 Å². The fourth-order valence-electron chi connectivity index (χ4n) is 1.34. The van der Waals surface area contributed by atoms with Crippen molar-refractivity contribution in [3.05, 3.63) is 35.6 Å². The molecule has 0 aromatic heterocycles. The number of nitrogens with zero attached hydrogens (tertiary/aromatic N) is 1. The average molecular weight is 220 g/mol. The summed E-state index contributed by atoms with van der Waals surface area (Å²) in [6.07, 6.45) is -0.978. The van der Waals surface area contributed by atoms with Crippen LogP contribution in [0.25, 0.3) is 0 Å². The summed E-state index contributed by atoms with van der Waals surface area (Å²) in [5.41, 5.74) is 0.278. The summed E-state index contributed by atoms with van der Waals surface area (Å²) in [6, 6.07) is 5.83. The molecule has 0 aliphatic carbocycles. The lowest BCUT2D eigenvalue weighted by Gasteiger charge is -2.23. The van der Waals surface area contributed by atoms with Crippen LogP contribution in [0.15, 0.2) is 24.3 Å². The second kappa shape index (κ2) is 4.66. The van der Waals surface area contributed by atoms with Crippen molar-refractivity contribution in [2.75, 3.05) is 13.5 Å². The smallest absolute Gasteiger partial charge is 0.448 e. The molecule has 0 saturated carbocycles. The Morgan fingerprint density at radius 3 is 2.33 bits per heavy atom. The molecule has 0 unspecified atom stereocenters. The second-order valence-corrected chi connectivity index (χ2v) is 3.50. The molecule has 0 aliphatic rings. The van der Waals surface area contributed by atoms with E-state index in [0.29, 0.717) is 0 Å². The Kier molecular flexibility index (Phi) is 3.74. The molecule has 15 heavy (non-hydrogen) atoms. The van der Waals surface area contributed by atoms with Gasteiger partial charge in [-0.05, 0) is 19.6 Å². The van der Waals surface area contributed by atoms with E-state index in [2.05, 4.69) is 0 Å². The van der Waals surface area contributed by atoms with Crippen molar-refractivity contribution in [1.82, 2.24) is 4.90 Å². The summed E-state index contributed by atoms with van der Waals surface area (Å²) in [4.78, 5) is 1.05. The summed E-state index contributed by atoms with van der Waals surface area (Å²) in [5, 5.41) is 0. The van der Waals surface area contributed by atoms with Gasteiger partial charge >= 0.3 is 6.98 Å². The molecule has 6 heteroatoms. The number of benzene rings is 1. The SMILES string of the molecule is CN(Cc1ccccc1F)C[B-](F)(F)F. The number of hydrogen-bond donors (Lipinski definition) is 0. The van der Waals surface area contributed by atoms with Gasteiger partial charge < -0.3 is 17.8 Å². The van der Waals surface area contributed by atoms with E-state index in [0.717, 1.165) is 4.90 Å². The molecular formula is C9H11BF4N-. The molecule has 0 fully saturated rings. The number of rotatable bonds is 4. The average Bonchev–Trinajstić information content (AvgIpc) is 2.05. The minimum atomic E-state index is -4.85. The standard InChI is InChI=1S/C9H11BF4N/c1-15(7-10(12,13)14)6-8-4-2-3-5-9(8)11/h2-5H,6-7H2,1H3/q-1. The highest BCUT2D eigenvalue weighted by Gasteiger charge is 2.24. The summed E-state index contributed by atoms with van der Waals surface area (Å²) in [6.45, 7) is -4.89. The van der Waals surface area contributed by atoms with Gasteiger partial charge in [-0.25, -0.2) is 4.39 Å². The van der Waals surface area contributed by atoms with Gasteiger partial charge in [0.15, 0.2) is 0 Å². The van der Waals surface area contributed by atoms with E-state index in [-0.39, 0.29) is 12.1 Å². The Hall–Kier alpha value is -1.04. The van der Waals surface area contributed by atoms with E-state index in [1.165, 1.54) is 25.2 Å². The summed E-state index contributed by atoms with van der Waals surface area (Å²) < 4.78 is 49.2. The van der Waals surface area contributed by atoms with Crippen molar-refractivity contribution in [2.45, 2.75) is 6.54 Å². The maximum absolute atomic E-state index is 13.1. The molecule has 0 atom stereocenters. The molecule has 1 nitrogen and oxygen atoms in total. The summed E-state index contributed by atoms with van der Waals surface area (Å²) in [5.74, 6) is -0.473. The highest BCUT2D eigenvalue weighted by molar-refractivity contribution is 6.58. The third-order valence-electron chi connectivity index (χ3n) is 1.92. The van der Waals surface area contributed by atoms with Gasteiger partial charge in [0.05, 0.1) is 0 Å². The van der Waals surface area contributed by atoms with Gasteiger partial charge in [0.2, 0.25) is 0 Å². The van der Waals surface area contributed by atoms with Gasteiger partial charge in [0, 0.05) is 12.1 Å². The highest BCUT2D eigenvalue weighted by atomic mass is 19.4. The molecule has 0 radical (unpaired) electrons. The van der Waals surface area contributed by atoms with E-state index in [4.69, 9.17) is 0 Å². The molecule has 1 aromatic carbocycles. The lowest BCUT2D eigenvalue weighted by molar-refractivity contribution is 0.318. The molecule has 0 heterocycles. The first kappa shape index (κ1) is 12.0. The fourth-order valence-corrected chi connectivity index (χ4v) is 1.34. The van der Waals surface area contributed by atoms with Crippen molar-refractivity contribution in [1.29, 1.82) is 0 Å². The van der Waals surface area contributed by atoms with Gasteiger partial charge in [-0.15, -0.1) is 0 Å². The molecule has 1 rings (SSSR count). The first-order valence-electron chi connectivity index (χ1n) is 4.51. The van der Waals surface area contributed by atoms with Crippen LogP contribution < -0.4 is 0 Å². The Labute approximate surface area is 85.8 Å². The predicted molar refractivity (Wildman–Crippen MR) is 51.8 cm³/mol. The predicted octanol–water partition coefficient (Wildman–Crippen LogP) is 2.64. The Morgan fingerprint density at radius 2 is 1.80 bits per heavy atom. The van der Waals surface area contributed by atoms with E-state index < -0.39 is 19.2 Å². The van der Waals surface area contributed by atoms with Crippen LogP contribution in [0.4, 0.5) is 17.3 Å². The van der Waals surface area contributed by atoms with Crippen molar-refractivity contribution in [3.63, 3.8) is 0 Å². The van der Waals surface area contributed by atoms with Crippen molar-refractivity contribution in [2.24, 2.45) is 0 Å². The Morgan fingerprint density at radius 1 is 1.20 bits per heavy atom. The fraction of sp³-hybridized carbons (Fsp3) is 0.333. The lowest BCUT2D eigenvalue weighted by Crippen LogP contribution is -2.35. The first-order valence-corrected chi connectivity index (χ1v) is 4.51. The minimum Gasteiger partial charge on any atom is -0.448 e. The number of halogens is 4. The zero-order valence-corrected chi connectivity index (χ0v) is 8.26. The second-order valence-electron chi connectivity index (χ2n) is 3.50. The van der Waals surface area contributed by atoms with Crippen LogP contribution in [0.1, 0.15) is 5.56 Å². The van der Waals surface area contributed by atoms with E-state index >= 15 is 0 Å². The monoisotopic (exact) mass is 220 g/mol. The molecule has 84 valence electrons. The van der Waals surface area contributed by atoms with Gasteiger partial charge in [0.1, 0.15) is 5.82 Å². The molecule has 1 aromatic rings. The Balaban J connectivity index is 2.59.